The van der Waals surface area contributed by atoms with E-state index in [4.69, 9.17) is 26.2 Å². The van der Waals surface area contributed by atoms with E-state index in [1.54, 1.807) is 6.07 Å². The molecular weight excluding hydrogens is 274 g/mol. The Balaban J connectivity index is 3.09. The van der Waals surface area contributed by atoms with Crippen LogP contribution in [0.15, 0.2) is 18.2 Å². The molecule has 0 aliphatic carbocycles. The molecule has 1 atom stereocenters. The molecule has 0 heterocycles. The zero-order valence-corrected chi connectivity index (χ0v) is 11.2. The van der Waals surface area contributed by atoms with Crippen LogP contribution in [-0.2, 0) is 9.59 Å². The Kier molecular flexibility index (Phi) is 5.44. The van der Waals surface area contributed by atoms with Gasteiger partial charge >= 0.3 is 5.97 Å². The minimum absolute atomic E-state index is 0.308. The molecule has 19 heavy (non-hydrogen) atoms. The van der Waals surface area contributed by atoms with E-state index in [9.17, 15) is 9.59 Å². The maximum atomic E-state index is 11.2. The number of carboxylic acid groups (broad SMARTS) is 1. The highest BCUT2D eigenvalue weighted by Gasteiger charge is 2.23. The van der Waals surface area contributed by atoms with Crippen molar-refractivity contribution in [3.8, 4) is 11.5 Å². The van der Waals surface area contributed by atoms with Gasteiger partial charge in [0.2, 0.25) is 5.91 Å². The van der Waals surface area contributed by atoms with Crippen LogP contribution in [0.25, 0.3) is 0 Å². The van der Waals surface area contributed by atoms with Crippen molar-refractivity contribution in [2.24, 2.45) is 0 Å². The highest BCUT2D eigenvalue weighted by atomic mass is 35.5. The topological polar surface area (TPSA) is 84.9 Å². The fraction of sp³-hybridized carbons (Fsp3) is 0.333. The Bertz CT molecular complexity index is 477. The predicted molar refractivity (Wildman–Crippen MR) is 68.8 cm³/mol. The molecule has 0 aliphatic heterocycles. The third-order valence-corrected chi connectivity index (χ3v) is 2.66. The Morgan fingerprint density at radius 3 is 2.42 bits per heavy atom. The van der Waals surface area contributed by atoms with Crippen molar-refractivity contribution in [2.75, 3.05) is 20.1 Å². The van der Waals surface area contributed by atoms with Gasteiger partial charge in [0, 0.05) is 0 Å². The van der Waals surface area contributed by atoms with Crippen LogP contribution < -0.4 is 14.8 Å². The SMILES string of the molecule is COc1ccc(C(NC(=O)CCl)C(=O)O)cc1OC. The van der Waals surface area contributed by atoms with Crippen molar-refractivity contribution in [3.63, 3.8) is 0 Å². The molecule has 0 radical (unpaired) electrons. The average Bonchev–Trinajstić information content (AvgIpc) is 2.43. The molecule has 0 fully saturated rings. The monoisotopic (exact) mass is 287 g/mol. The maximum Gasteiger partial charge on any atom is 0.330 e. The lowest BCUT2D eigenvalue weighted by molar-refractivity contribution is -0.141. The predicted octanol–water partition coefficient (Wildman–Crippen LogP) is 1.18. The van der Waals surface area contributed by atoms with Gasteiger partial charge in [0.15, 0.2) is 17.5 Å². The zero-order valence-electron chi connectivity index (χ0n) is 10.5. The van der Waals surface area contributed by atoms with E-state index in [0.29, 0.717) is 17.1 Å². The van der Waals surface area contributed by atoms with Gasteiger partial charge in [0.05, 0.1) is 14.2 Å². The zero-order chi connectivity index (χ0) is 14.4. The van der Waals surface area contributed by atoms with Gasteiger partial charge in [-0.05, 0) is 17.7 Å². The Morgan fingerprint density at radius 2 is 1.95 bits per heavy atom. The lowest BCUT2D eigenvalue weighted by Gasteiger charge is -2.16. The van der Waals surface area contributed by atoms with Crippen molar-refractivity contribution in [2.45, 2.75) is 6.04 Å². The van der Waals surface area contributed by atoms with E-state index in [2.05, 4.69) is 5.32 Å². The molecule has 0 saturated heterocycles. The van der Waals surface area contributed by atoms with E-state index < -0.39 is 17.9 Å². The summed E-state index contributed by atoms with van der Waals surface area (Å²) in [6.45, 7) is 0. The van der Waals surface area contributed by atoms with E-state index in [1.807, 2.05) is 0 Å². The number of hydrogen-bond acceptors (Lipinski definition) is 4. The number of nitrogens with one attached hydrogen (secondary N) is 1. The standard InChI is InChI=1S/C12H14ClNO5/c1-18-8-4-3-7(5-9(8)19-2)11(12(16)17)14-10(15)6-13/h3-5,11H,6H2,1-2H3,(H,14,15)(H,16,17). The number of aliphatic carboxylic acids is 1. The van der Waals surface area contributed by atoms with E-state index in [-0.39, 0.29) is 5.88 Å². The minimum atomic E-state index is -1.19. The molecule has 104 valence electrons. The number of hydrogen-bond donors (Lipinski definition) is 2. The molecule has 7 heteroatoms. The van der Waals surface area contributed by atoms with E-state index >= 15 is 0 Å². The number of carbonyl (C=O) groups excluding carboxylic acids is 1. The molecule has 1 aromatic rings. The number of carbonyl (C=O) groups is 2. The summed E-state index contributed by atoms with van der Waals surface area (Å²) in [5.41, 5.74) is 0.364. The van der Waals surface area contributed by atoms with Crippen molar-refractivity contribution >= 4 is 23.5 Å². The Morgan fingerprint density at radius 1 is 1.32 bits per heavy atom. The average molecular weight is 288 g/mol. The number of rotatable bonds is 6. The first-order valence-corrected chi connectivity index (χ1v) is 5.87. The second kappa shape index (κ2) is 6.84. The molecule has 0 aromatic heterocycles. The first-order chi connectivity index (χ1) is 9.03. The van der Waals surface area contributed by atoms with Crippen molar-refractivity contribution in [1.29, 1.82) is 0 Å². The van der Waals surface area contributed by atoms with Gasteiger partial charge in [0.1, 0.15) is 5.88 Å². The van der Waals surface area contributed by atoms with Crippen molar-refractivity contribution in [1.82, 2.24) is 5.32 Å². The minimum Gasteiger partial charge on any atom is -0.493 e. The summed E-state index contributed by atoms with van der Waals surface area (Å²) in [7, 11) is 2.91. The largest absolute Gasteiger partial charge is 0.493 e. The number of amides is 1. The van der Waals surface area contributed by atoms with Crippen LogP contribution in [0.3, 0.4) is 0 Å². The van der Waals surface area contributed by atoms with Gasteiger partial charge in [-0.1, -0.05) is 6.07 Å². The molecule has 0 saturated carbocycles. The first kappa shape index (κ1) is 15.1. The molecule has 0 bridgehead atoms. The third-order valence-electron chi connectivity index (χ3n) is 2.41. The van der Waals surface area contributed by atoms with Crippen LogP contribution in [0, 0.1) is 0 Å². The second-order valence-corrected chi connectivity index (χ2v) is 3.85. The summed E-state index contributed by atoms with van der Waals surface area (Å²) in [5, 5.41) is 11.4. The summed E-state index contributed by atoms with van der Waals surface area (Å²) in [5.74, 6) is -1.21. The summed E-state index contributed by atoms with van der Waals surface area (Å²) in [6.07, 6.45) is 0. The van der Waals surface area contributed by atoms with E-state index in [1.165, 1.54) is 26.4 Å². The second-order valence-electron chi connectivity index (χ2n) is 3.59. The summed E-state index contributed by atoms with van der Waals surface area (Å²) in [6, 6.07) is 3.41. The molecule has 0 aliphatic rings. The Hall–Kier alpha value is -1.95. The highest BCUT2D eigenvalue weighted by Crippen LogP contribution is 2.30. The number of carboxylic acids is 1. The van der Waals surface area contributed by atoms with Crippen molar-refractivity contribution < 1.29 is 24.2 Å². The summed E-state index contributed by atoms with van der Waals surface area (Å²) >= 11 is 5.34. The third kappa shape index (κ3) is 3.75. The van der Waals surface area contributed by atoms with Gasteiger partial charge in [-0.3, -0.25) is 4.79 Å². The van der Waals surface area contributed by atoms with Crippen LogP contribution in [0.2, 0.25) is 0 Å². The highest BCUT2D eigenvalue weighted by molar-refractivity contribution is 6.27. The number of benzene rings is 1. The van der Waals surface area contributed by atoms with Gasteiger partial charge in [0.25, 0.3) is 0 Å². The lowest BCUT2D eigenvalue weighted by Crippen LogP contribution is -2.34. The number of methoxy groups -OCH3 is 2. The molecule has 6 nitrogen and oxygen atoms in total. The van der Waals surface area contributed by atoms with Crippen LogP contribution in [0.5, 0.6) is 11.5 Å². The van der Waals surface area contributed by atoms with Crippen LogP contribution in [0.1, 0.15) is 11.6 Å². The van der Waals surface area contributed by atoms with E-state index in [0.717, 1.165) is 0 Å². The van der Waals surface area contributed by atoms with Gasteiger partial charge in [-0.2, -0.15) is 0 Å². The fourth-order valence-corrected chi connectivity index (χ4v) is 1.60. The van der Waals surface area contributed by atoms with Crippen molar-refractivity contribution in [3.05, 3.63) is 23.8 Å². The number of ether oxygens (including phenoxy) is 2. The molecular formula is C12H14ClNO5. The summed E-state index contributed by atoms with van der Waals surface area (Å²) < 4.78 is 10.1. The quantitative estimate of drug-likeness (QED) is 0.768. The maximum absolute atomic E-state index is 11.2. The molecule has 1 amide bonds. The normalized spacial score (nSPS) is 11.5. The molecule has 1 aromatic carbocycles. The molecule has 1 rings (SSSR count). The van der Waals surface area contributed by atoms with Gasteiger partial charge < -0.3 is 19.9 Å². The van der Waals surface area contributed by atoms with Gasteiger partial charge in [-0.15, -0.1) is 11.6 Å². The Labute approximate surface area is 115 Å². The van der Waals surface area contributed by atoms with Crippen LogP contribution in [-0.4, -0.2) is 37.1 Å². The first-order valence-electron chi connectivity index (χ1n) is 5.33. The molecule has 0 spiro atoms. The smallest absolute Gasteiger partial charge is 0.330 e. The number of alkyl halides is 1. The van der Waals surface area contributed by atoms with Gasteiger partial charge in [-0.25, -0.2) is 4.79 Å². The van der Waals surface area contributed by atoms with Crippen LogP contribution in [0.4, 0.5) is 0 Å². The number of halogens is 1. The lowest BCUT2D eigenvalue weighted by atomic mass is 10.1. The fourth-order valence-electron chi connectivity index (χ4n) is 1.52. The van der Waals surface area contributed by atoms with Crippen LogP contribution >= 0.6 is 11.6 Å². The summed E-state index contributed by atoms with van der Waals surface area (Å²) in [4.78, 5) is 22.4. The molecule has 2 N–H and O–H groups in total. The molecule has 1 unspecified atom stereocenters.